The fourth-order valence-electron chi connectivity index (χ4n) is 4.16. The molecule has 0 saturated heterocycles. The number of halogens is 3. The van der Waals surface area contributed by atoms with Crippen LogP contribution in [0.4, 0.5) is 19.0 Å². The van der Waals surface area contributed by atoms with Crippen LogP contribution in [0.25, 0.3) is 23.3 Å². The molecule has 5 rings (SSSR count). The van der Waals surface area contributed by atoms with Gasteiger partial charge in [-0.05, 0) is 34.9 Å². The second kappa shape index (κ2) is 10.3. The van der Waals surface area contributed by atoms with Crippen molar-refractivity contribution in [3.05, 3.63) is 119 Å². The zero-order valence-corrected chi connectivity index (χ0v) is 20.1. The third kappa shape index (κ3) is 5.53. The zero-order chi connectivity index (χ0) is 25.8. The molecule has 0 aliphatic heterocycles. The highest BCUT2D eigenvalue weighted by atomic mass is 19.4. The Morgan fingerprint density at radius 3 is 2.11 bits per heavy atom. The van der Waals surface area contributed by atoms with Crippen molar-refractivity contribution in [1.29, 1.82) is 0 Å². The summed E-state index contributed by atoms with van der Waals surface area (Å²) >= 11 is 0. The van der Waals surface area contributed by atoms with Crippen LogP contribution in [0.5, 0.6) is 0 Å². The molecular formula is C29H24F3N5. The Kier molecular flexibility index (Phi) is 6.72. The van der Waals surface area contributed by atoms with Crippen LogP contribution < -0.4 is 4.90 Å². The molecule has 3 aromatic carbocycles. The first-order valence-electron chi connectivity index (χ1n) is 11.7. The lowest BCUT2D eigenvalue weighted by Crippen LogP contribution is -2.18. The van der Waals surface area contributed by atoms with Crippen LogP contribution in [-0.4, -0.2) is 26.6 Å². The minimum absolute atomic E-state index is 0.531. The molecule has 0 bridgehead atoms. The molecule has 37 heavy (non-hydrogen) atoms. The van der Waals surface area contributed by atoms with E-state index in [0.717, 1.165) is 23.3 Å². The molecule has 0 atom stereocenters. The van der Waals surface area contributed by atoms with Crippen molar-refractivity contribution >= 4 is 29.1 Å². The molecule has 0 fully saturated rings. The smallest absolute Gasteiger partial charge is 0.353 e. The summed E-state index contributed by atoms with van der Waals surface area (Å²) in [5, 5.41) is 0. The summed E-state index contributed by atoms with van der Waals surface area (Å²) in [5.41, 5.74) is 3.51. The quantitative estimate of drug-likeness (QED) is 0.250. The summed E-state index contributed by atoms with van der Waals surface area (Å²) in [6, 6.07) is 25.1. The highest BCUT2D eigenvalue weighted by molar-refractivity contribution is 5.86. The van der Waals surface area contributed by atoms with Crippen LogP contribution in [0, 0.1) is 0 Å². The van der Waals surface area contributed by atoms with Crippen molar-refractivity contribution in [2.75, 3.05) is 11.9 Å². The van der Waals surface area contributed by atoms with E-state index in [-0.39, 0.29) is 0 Å². The van der Waals surface area contributed by atoms with Gasteiger partial charge < -0.3 is 9.47 Å². The molecule has 2 aromatic heterocycles. The summed E-state index contributed by atoms with van der Waals surface area (Å²) in [6.07, 6.45) is 0.719. The van der Waals surface area contributed by atoms with E-state index < -0.39 is 11.7 Å². The molecule has 5 aromatic rings. The lowest BCUT2D eigenvalue weighted by Gasteiger charge is -2.18. The first-order chi connectivity index (χ1) is 17.9. The molecular weight excluding hydrogens is 475 g/mol. The average Bonchev–Trinajstić information content (AvgIpc) is 3.25. The molecule has 0 aliphatic rings. The number of hydrogen-bond donors (Lipinski definition) is 0. The summed E-state index contributed by atoms with van der Waals surface area (Å²) in [5.74, 6) is 1.33. The van der Waals surface area contributed by atoms with Crippen molar-refractivity contribution < 1.29 is 13.2 Å². The summed E-state index contributed by atoms with van der Waals surface area (Å²) in [6.45, 7) is 1.18. The Balaban J connectivity index is 1.54. The lowest BCUT2D eigenvalue weighted by atomic mass is 10.1. The molecule has 2 heterocycles. The largest absolute Gasteiger partial charge is 0.416 e. The standard InChI is InChI=1S/C29H24F3N5/c1-36(18-22-8-4-2-5-9-22)27-26-28(34-20-33-27)37(19-23-10-6-3-7-11-23)25(35-26)17-14-21-12-15-24(16-13-21)29(30,31)32/h2-17,20H,18-19H2,1H3/b17-14+. The molecule has 0 spiro atoms. The Bertz CT molecular complexity index is 1510. The van der Waals surface area contributed by atoms with Gasteiger partial charge >= 0.3 is 6.18 Å². The number of alkyl halides is 3. The number of aromatic nitrogens is 4. The molecule has 0 N–H and O–H groups in total. The summed E-state index contributed by atoms with van der Waals surface area (Å²) in [7, 11) is 1.96. The van der Waals surface area contributed by atoms with Gasteiger partial charge in [-0.3, -0.25) is 0 Å². The number of nitrogens with zero attached hydrogens (tertiary/aromatic N) is 5. The Morgan fingerprint density at radius 1 is 0.811 bits per heavy atom. The lowest BCUT2D eigenvalue weighted by molar-refractivity contribution is -0.137. The SMILES string of the molecule is CN(Cc1ccccc1)c1ncnc2c1nc(/C=C/c1ccc(C(F)(F)F)cc1)n2Cc1ccccc1. The Hall–Kier alpha value is -4.46. The van der Waals surface area contributed by atoms with E-state index >= 15 is 0 Å². The second-order valence-electron chi connectivity index (χ2n) is 8.71. The minimum Gasteiger partial charge on any atom is -0.353 e. The average molecular weight is 500 g/mol. The van der Waals surface area contributed by atoms with E-state index in [2.05, 4.69) is 22.1 Å². The summed E-state index contributed by atoms with van der Waals surface area (Å²) in [4.78, 5) is 16.0. The molecule has 0 saturated carbocycles. The molecule has 8 heteroatoms. The van der Waals surface area contributed by atoms with Gasteiger partial charge in [-0.2, -0.15) is 13.2 Å². The van der Waals surface area contributed by atoms with Gasteiger partial charge in [-0.25, -0.2) is 15.0 Å². The van der Waals surface area contributed by atoms with Crippen molar-refractivity contribution in [3.8, 4) is 0 Å². The first kappa shape index (κ1) is 24.2. The third-order valence-electron chi connectivity index (χ3n) is 6.01. The number of imidazole rings is 1. The highest BCUT2D eigenvalue weighted by Crippen LogP contribution is 2.30. The predicted octanol–water partition coefficient (Wildman–Crippen LogP) is 6.70. The fourth-order valence-corrected chi connectivity index (χ4v) is 4.16. The van der Waals surface area contributed by atoms with Crippen molar-refractivity contribution in [3.63, 3.8) is 0 Å². The van der Waals surface area contributed by atoms with E-state index in [4.69, 9.17) is 4.98 Å². The van der Waals surface area contributed by atoms with E-state index in [1.54, 1.807) is 12.2 Å². The molecule has 0 unspecified atom stereocenters. The number of hydrogen-bond acceptors (Lipinski definition) is 4. The van der Waals surface area contributed by atoms with Gasteiger partial charge in [0.15, 0.2) is 17.0 Å². The van der Waals surface area contributed by atoms with E-state index in [0.29, 0.717) is 41.5 Å². The van der Waals surface area contributed by atoms with Gasteiger partial charge in [-0.15, -0.1) is 0 Å². The normalized spacial score (nSPS) is 11.9. The highest BCUT2D eigenvalue weighted by Gasteiger charge is 2.29. The maximum Gasteiger partial charge on any atom is 0.416 e. The van der Waals surface area contributed by atoms with Gasteiger partial charge in [0.05, 0.1) is 12.1 Å². The third-order valence-corrected chi connectivity index (χ3v) is 6.01. The van der Waals surface area contributed by atoms with Crippen LogP contribution in [-0.2, 0) is 19.3 Å². The number of benzene rings is 3. The van der Waals surface area contributed by atoms with Crippen LogP contribution >= 0.6 is 0 Å². The molecule has 186 valence electrons. The van der Waals surface area contributed by atoms with Gasteiger partial charge in [-0.1, -0.05) is 78.9 Å². The molecule has 0 radical (unpaired) electrons. The maximum absolute atomic E-state index is 12.9. The van der Waals surface area contributed by atoms with E-state index in [9.17, 15) is 13.2 Å². The van der Waals surface area contributed by atoms with Crippen LogP contribution in [0.2, 0.25) is 0 Å². The number of rotatable bonds is 7. The van der Waals surface area contributed by atoms with Crippen molar-refractivity contribution in [1.82, 2.24) is 19.5 Å². The first-order valence-corrected chi connectivity index (χ1v) is 11.7. The van der Waals surface area contributed by atoms with Crippen molar-refractivity contribution in [2.24, 2.45) is 0 Å². The molecule has 5 nitrogen and oxygen atoms in total. The van der Waals surface area contributed by atoms with Crippen LogP contribution in [0.15, 0.2) is 91.3 Å². The van der Waals surface area contributed by atoms with Gasteiger partial charge in [0.1, 0.15) is 12.2 Å². The Morgan fingerprint density at radius 2 is 1.46 bits per heavy atom. The predicted molar refractivity (Wildman–Crippen MR) is 140 cm³/mol. The molecule has 0 amide bonds. The fraction of sp³-hybridized carbons (Fsp3) is 0.138. The second-order valence-corrected chi connectivity index (χ2v) is 8.71. The Labute approximate surface area is 212 Å². The minimum atomic E-state index is -4.37. The monoisotopic (exact) mass is 499 g/mol. The maximum atomic E-state index is 12.9. The zero-order valence-electron chi connectivity index (χ0n) is 20.1. The summed E-state index contributed by atoms with van der Waals surface area (Å²) < 4.78 is 40.8. The number of anilines is 1. The van der Waals surface area contributed by atoms with Crippen molar-refractivity contribution in [2.45, 2.75) is 19.3 Å². The van der Waals surface area contributed by atoms with Crippen LogP contribution in [0.1, 0.15) is 28.1 Å². The van der Waals surface area contributed by atoms with Crippen LogP contribution in [0.3, 0.4) is 0 Å². The van der Waals surface area contributed by atoms with E-state index in [1.807, 2.05) is 65.0 Å². The topological polar surface area (TPSA) is 46.8 Å². The van der Waals surface area contributed by atoms with Gasteiger partial charge in [0.25, 0.3) is 0 Å². The van der Waals surface area contributed by atoms with Gasteiger partial charge in [0.2, 0.25) is 0 Å². The molecule has 0 aliphatic carbocycles. The van der Waals surface area contributed by atoms with Gasteiger partial charge in [0, 0.05) is 13.6 Å². The number of fused-ring (bicyclic) bond motifs is 1. The van der Waals surface area contributed by atoms with E-state index in [1.165, 1.54) is 18.5 Å².